The van der Waals surface area contributed by atoms with Crippen LogP contribution in [-0.4, -0.2) is 4.98 Å². The van der Waals surface area contributed by atoms with Gasteiger partial charge in [-0.1, -0.05) is 30.3 Å². The van der Waals surface area contributed by atoms with Gasteiger partial charge in [-0.15, -0.1) is 35.9 Å². The van der Waals surface area contributed by atoms with E-state index in [9.17, 15) is 0 Å². The number of pyridine rings is 1. The minimum Gasteiger partial charge on any atom is -0.358 e. The van der Waals surface area contributed by atoms with Crippen LogP contribution in [0.3, 0.4) is 0 Å². The Kier molecular flexibility index (Phi) is 5.21. The first-order valence-electron chi connectivity index (χ1n) is 5.26. The summed E-state index contributed by atoms with van der Waals surface area (Å²) < 4.78 is 0. The molecule has 0 N–H and O–H groups in total. The van der Waals surface area contributed by atoms with E-state index < -0.39 is 0 Å². The first-order valence-corrected chi connectivity index (χ1v) is 5.26. The molecule has 18 heavy (non-hydrogen) atoms. The first kappa shape index (κ1) is 14.6. The second kappa shape index (κ2) is 6.44. The fourth-order valence-electron chi connectivity index (χ4n) is 1.77. The molecule has 3 rings (SSSR count). The Bertz CT molecular complexity index is 620. The Morgan fingerprint density at radius 1 is 0.833 bits per heavy atom. The SMILES string of the molecule is [CH3-].[Ir].[c-]1ccccc1-c1ccc2ccccc2n1. The Balaban J connectivity index is 0.000000810. The molecule has 0 aliphatic rings. The number of aromatic nitrogens is 1. The predicted octanol–water partition coefficient (Wildman–Crippen LogP) is 4.15. The summed E-state index contributed by atoms with van der Waals surface area (Å²) in [6.45, 7) is 0. The zero-order chi connectivity index (χ0) is 10.8. The average Bonchev–Trinajstić information content (AvgIpc) is 2.39. The van der Waals surface area contributed by atoms with Gasteiger partial charge in [-0.05, 0) is 17.1 Å². The summed E-state index contributed by atoms with van der Waals surface area (Å²) in [4.78, 5) is 4.61. The molecule has 0 saturated heterocycles. The normalized spacial score (nSPS) is 9.33. The van der Waals surface area contributed by atoms with Crippen LogP contribution in [0.1, 0.15) is 0 Å². The van der Waals surface area contributed by atoms with Crippen molar-refractivity contribution in [2.24, 2.45) is 0 Å². The summed E-state index contributed by atoms with van der Waals surface area (Å²) in [5.74, 6) is 0. The van der Waals surface area contributed by atoms with E-state index in [1.165, 1.54) is 5.39 Å². The number of fused-ring (bicyclic) bond motifs is 1. The monoisotopic (exact) mass is 412 g/mol. The summed E-state index contributed by atoms with van der Waals surface area (Å²) in [6, 6.07) is 23.4. The van der Waals surface area contributed by atoms with Gasteiger partial charge in [0.05, 0.1) is 5.52 Å². The third kappa shape index (κ3) is 2.84. The zero-order valence-corrected chi connectivity index (χ0v) is 12.4. The molecule has 0 spiro atoms. The van der Waals surface area contributed by atoms with E-state index in [1.54, 1.807) is 0 Å². The molecule has 1 nitrogen and oxygen atoms in total. The molecule has 0 saturated carbocycles. The largest absolute Gasteiger partial charge is 0.358 e. The minimum atomic E-state index is 0. The van der Waals surface area contributed by atoms with Crippen molar-refractivity contribution in [3.05, 3.63) is 74.2 Å². The van der Waals surface area contributed by atoms with Gasteiger partial charge in [0, 0.05) is 20.1 Å². The molecule has 0 atom stereocenters. The average molecular weight is 412 g/mol. The van der Waals surface area contributed by atoms with Crippen LogP contribution >= 0.6 is 0 Å². The third-order valence-corrected chi connectivity index (χ3v) is 2.58. The molecule has 1 radical (unpaired) electrons. The summed E-state index contributed by atoms with van der Waals surface area (Å²) >= 11 is 0. The summed E-state index contributed by atoms with van der Waals surface area (Å²) in [7, 11) is 0. The maximum absolute atomic E-state index is 4.61. The molecule has 0 aliphatic heterocycles. The van der Waals surface area contributed by atoms with E-state index in [0.717, 1.165) is 16.8 Å². The molecule has 0 fully saturated rings. The third-order valence-electron chi connectivity index (χ3n) is 2.58. The van der Waals surface area contributed by atoms with E-state index in [2.05, 4.69) is 23.2 Å². The van der Waals surface area contributed by atoms with E-state index in [4.69, 9.17) is 0 Å². The van der Waals surface area contributed by atoms with E-state index in [1.807, 2.05) is 48.5 Å². The summed E-state index contributed by atoms with van der Waals surface area (Å²) in [6.07, 6.45) is 0. The van der Waals surface area contributed by atoms with Crippen molar-refractivity contribution in [3.8, 4) is 11.3 Å². The van der Waals surface area contributed by atoms with Crippen LogP contribution in [0.4, 0.5) is 0 Å². The van der Waals surface area contributed by atoms with Gasteiger partial charge in [0.25, 0.3) is 0 Å². The molecule has 2 heteroatoms. The van der Waals surface area contributed by atoms with Crippen LogP contribution in [0.25, 0.3) is 22.2 Å². The van der Waals surface area contributed by atoms with E-state index in [0.29, 0.717) is 0 Å². The molecule has 0 bridgehead atoms. The van der Waals surface area contributed by atoms with Crippen LogP contribution in [-0.2, 0) is 20.1 Å². The second-order valence-corrected chi connectivity index (χ2v) is 3.67. The molecule has 1 aromatic heterocycles. The molecule has 0 amide bonds. The fourth-order valence-corrected chi connectivity index (χ4v) is 1.77. The fraction of sp³-hybridized carbons (Fsp3) is 0. The maximum atomic E-state index is 4.61. The number of nitrogens with zero attached hydrogens (tertiary/aromatic N) is 1. The molecule has 3 aromatic rings. The number of benzene rings is 2. The Morgan fingerprint density at radius 2 is 1.61 bits per heavy atom. The molecular formula is C16H13IrN-2. The Hall–Kier alpha value is -1.50. The number of rotatable bonds is 1. The summed E-state index contributed by atoms with van der Waals surface area (Å²) in [5.41, 5.74) is 3.03. The van der Waals surface area contributed by atoms with Crippen molar-refractivity contribution >= 4 is 10.9 Å². The van der Waals surface area contributed by atoms with E-state index in [-0.39, 0.29) is 27.5 Å². The molecule has 0 unspecified atom stereocenters. The van der Waals surface area contributed by atoms with Crippen LogP contribution in [0.5, 0.6) is 0 Å². The molecule has 1 heterocycles. The van der Waals surface area contributed by atoms with Crippen molar-refractivity contribution < 1.29 is 20.1 Å². The van der Waals surface area contributed by atoms with Gasteiger partial charge in [0.2, 0.25) is 0 Å². The van der Waals surface area contributed by atoms with Gasteiger partial charge in [-0.25, -0.2) is 0 Å². The van der Waals surface area contributed by atoms with Gasteiger partial charge in [-0.3, -0.25) is 4.98 Å². The van der Waals surface area contributed by atoms with Gasteiger partial charge in [0.1, 0.15) is 0 Å². The van der Waals surface area contributed by atoms with Crippen molar-refractivity contribution in [1.29, 1.82) is 0 Å². The first-order chi connectivity index (χ1) is 7.93. The van der Waals surface area contributed by atoms with Gasteiger partial charge >= 0.3 is 0 Å². The van der Waals surface area contributed by atoms with Crippen molar-refractivity contribution in [1.82, 2.24) is 4.98 Å². The molecule has 2 aromatic carbocycles. The van der Waals surface area contributed by atoms with Crippen LogP contribution in [0, 0.1) is 13.5 Å². The molecular weight excluding hydrogens is 398 g/mol. The Morgan fingerprint density at radius 3 is 2.39 bits per heavy atom. The predicted molar refractivity (Wildman–Crippen MR) is 72.4 cm³/mol. The van der Waals surface area contributed by atoms with Crippen molar-refractivity contribution in [2.75, 3.05) is 0 Å². The van der Waals surface area contributed by atoms with Gasteiger partial charge in [-0.2, -0.15) is 0 Å². The standard InChI is InChI=1S/C15H10N.CH3.Ir/c1-2-6-12(7-3-1)15-11-10-13-8-4-5-9-14(13)16-15;;/h1-6,8-11H;1H3;/q2*-1;. The zero-order valence-electron chi connectivity index (χ0n) is 10.1. The second-order valence-electron chi connectivity index (χ2n) is 3.67. The summed E-state index contributed by atoms with van der Waals surface area (Å²) in [5, 5.41) is 1.17. The molecule has 0 aliphatic carbocycles. The van der Waals surface area contributed by atoms with Gasteiger partial charge in [0.15, 0.2) is 0 Å². The molecule has 93 valence electrons. The van der Waals surface area contributed by atoms with E-state index >= 15 is 0 Å². The van der Waals surface area contributed by atoms with Crippen LogP contribution in [0.15, 0.2) is 60.7 Å². The number of para-hydroxylation sites is 1. The smallest absolute Gasteiger partial charge is 0.0595 e. The number of hydrogen-bond donors (Lipinski definition) is 0. The van der Waals surface area contributed by atoms with Gasteiger partial charge < -0.3 is 7.43 Å². The van der Waals surface area contributed by atoms with Crippen LogP contribution in [0.2, 0.25) is 0 Å². The quantitative estimate of drug-likeness (QED) is 0.548. The maximum Gasteiger partial charge on any atom is 0.0595 e. The minimum absolute atomic E-state index is 0. The topological polar surface area (TPSA) is 12.9 Å². The van der Waals surface area contributed by atoms with Crippen molar-refractivity contribution in [3.63, 3.8) is 0 Å². The Labute approximate surface area is 121 Å². The van der Waals surface area contributed by atoms with Crippen molar-refractivity contribution in [2.45, 2.75) is 0 Å². The number of hydrogen-bond acceptors (Lipinski definition) is 1. The van der Waals surface area contributed by atoms with Crippen LogP contribution < -0.4 is 0 Å².